The van der Waals surface area contributed by atoms with Crippen LogP contribution >= 0.6 is 0 Å². The minimum absolute atomic E-state index is 0.154. The van der Waals surface area contributed by atoms with E-state index < -0.39 is 5.97 Å². The van der Waals surface area contributed by atoms with Crippen molar-refractivity contribution in [2.75, 3.05) is 23.7 Å². The molecule has 0 aromatic heterocycles. The van der Waals surface area contributed by atoms with Crippen LogP contribution in [0.5, 0.6) is 0 Å². The number of carbonyl (C=O) groups is 1. The number of para-hydroxylation sites is 2. The molecule has 2 rings (SSSR count). The van der Waals surface area contributed by atoms with E-state index in [4.69, 9.17) is 10.8 Å². The molecule has 0 bridgehead atoms. The lowest BCUT2D eigenvalue weighted by molar-refractivity contribution is -0.136. The Labute approximate surface area is 114 Å². The van der Waals surface area contributed by atoms with Crippen molar-refractivity contribution >= 4 is 17.3 Å². The zero-order chi connectivity index (χ0) is 13.7. The molecular weight excluding hydrogens is 240 g/mol. The van der Waals surface area contributed by atoms with Gasteiger partial charge in [-0.05, 0) is 30.9 Å². The Hall–Kier alpha value is -1.71. The van der Waals surface area contributed by atoms with Gasteiger partial charge in [0.15, 0.2) is 0 Å². The minimum atomic E-state index is -0.758. The predicted octanol–water partition coefficient (Wildman–Crippen LogP) is 2.74. The minimum Gasteiger partial charge on any atom is -0.481 e. The number of nitrogens with zero attached hydrogens (tertiary/aromatic N) is 1. The molecule has 1 aliphatic rings. The first-order chi connectivity index (χ1) is 9.16. The Balaban J connectivity index is 2.08. The molecule has 0 spiro atoms. The van der Waals surface area contributed by atoms with Crippen molar-refractivity contribution in [2.24, 2.45) is 5.92 Å². The van der Waals surface area contributed by atoms with Crippen molar-refractivity contribution < 1.29 is 9.90 Å². The summed E-state index contributed by atoms with van der Waals surface area (Å²) in [5, 5.41) is 8.88. The third-order valence-electron chi connectivity index (χ3n) is 3.83. The second-order valence-corrected chi connectivity index (χ2v) is 5.30. The highest BCUT2D eigenvalue weighted by Crippen LogP contribution is 2.29. The molecule has 0 heterocycles. The Kier molecular flexibility index (Phi) is 4.66. The Bertz CT molecular complexity index is 428. The van der Waals surface area contributed by atoms with E-state index in [2.05, 4.69) is 4.90 Å². The molecule has 3 N–H and O–H groups in total. The summed E-state index contributed by atoms with van der Waals surface area (Å²) in [5.41, 5.74) is 7.71. The molecule has 19 heavy (non-hydrogen) atoms. The maximum atomic E-state index is 10.8. The number of nitrogen functional groups attached to an aromatic ring is 1. The quantitative estimate of drug-likeness (QED) is 0.774. The molecule has 4 heteroatoms. The van der Waals surface area contributed by atoms with Gasteiger partial charge in [0.05, 0.1) is 17.8 Å². The molecule has 4 nitrogen and oxygen atoms in total. The Morgan fingerprint density at radius 2 is 2.00 bits per heavy atom. The van der Waals surface area contributed by atoms with Crippen LogP contribution in [0, 0.1) is 5.92 Å². The van der Waals surface area contributed by atoms with Crippen LogP contribution in [0.15, 0.2) is 24.3 Å². The molecule has 0 atom stereocenters. The third-order valence-corrected chi connectivity index (χ3v) is 3.83. The molecule has 0 saturated heterocycles. The standard InChI is InChI=1S/C15H22N2O2/c16-13-7-3-4-8-14(13)17(10-9-15(18)19)11-12-5-1-2-6-12/h3-4,7-8,12H,1-2,5-6,9-11,16H2,(H,18,19). The maximum Gasteiger partial charge on any atom is 0.305 e. The van der Waals surface area contributed by atoms with Gasteiger partial charge >= 0.3 is 5.97 Å². The smallest absolute Gasteiger partial charge is 0.305 e. The van der Waals surface area contributed by atoms with Crippen LogP contribution in [0.3, 0.4) is 0 Å². The third kappa shape index (κ3) is 3.88. The summed E-state index contributed by atoms with van der Waals surface area (Å²) >= 11 is 0. The number of rotatable bonds is 6. The van der Waals surface area contributed by atoms with Crippen LogP contribution in [-0.2, 0) is 4.79 Å². The summed E-state index contributed by atoms with van der Waals surface area (Å²) in [6, 6.07) is 7.71. The molecule has 0 radical (unpaired) electrons. The van der Waals surface area contributed by atoms with E-state index in [1.807, 2.05) is 24.3 Å². The number of anilines is 2. The van der Waals surface area contributed by atoms with Crippen LogP contribution in [0.2, 0.25) is 0 Å². The van der Waals surface area contributed by atoms with E-state index in [1.54, 1.807) is 0 Å². The van der Waals surface area contributed by atoms with Gasteiger partial charge in [-0.1, -0.05) is 25.0 Å². The van der Waals surface area contributed by atoms with Gasteiger partial charge in [0.2, 0.25) is 0 Å². The Morgan fingerprint density at radius 3 is 2.63 bits per heavy atom. The number of aliphatic carboxylic acids is 1. The zero-order valence-electron chi connectivity index (χ0n) is 11.2. The number of carboxylic acids is 1. The second kappa shape index (κ2) is 6.45. The molecule has 0 aliphatic heterocycles. The lowest BCUT2D eigenvalue weighted by Crippen LogP contribution is -2.31. The summed E-state index contributed by atoms with van der Waals surface area (Å²) in [6.07, 6.45) is 5.23. The van der Waals surface area contributed by atoms with Crippen molar-refractivity contribution in [1.29, 1.82) is 0 Å². The first kappa shape index (κ1) is 13.7. The summed E-state index contributed by atoms with van der Waals surface area (Å²) in [6.45, 7) is 1.45. The molecule has 1 fully saturated rings. The molecule has 1 aliphatic carbocycles. The lowest BCUT2D eigenvalue weighted by Gasteiger charge is -2.28. The molecular formula is C15H22N2O2. The van der Waals surface area contributed by atoms with E-state index in [0.29, 0.717) is 12.5 Å². The van der Waals surface area contributed by atoms with Gasteiger partial charge in [-0.3, -0.25) is 4.79 Å². The monoisotopic (exact) mass is 262 g/mol. The van der Waals surface area contributed by atoms with E-state index in [0.717, 1.165) is 17.9 Å². The van der Waals surface area contributed by atoms with Gasteiger partial charge in [-0.2, -0.15) is 0 Å². The van der Waals surface area contributed by atoms with Crippen molar-refractivity contribution in [3.8, 4) is 0 Å². The van der Waals surface area contributed by atoms with Crippen LogP contribution in [-0.4, -0.2) is 24.2 Å². The van der Waals surface area contributed by atoms with E-state index in [9.17, 15) is 4.79 Å². The van der Waals surface area contributed by atoms with Crippen LogP contribution in [0.25, 0.3) is 0 Å². The summed E-state index contributed by atoms with van der Waals surface area (Å²) in [5.74, 6) is -0.0840. The summed E-state index contributed by atoms with van der Waals surface area (Å²) in [7, 11) is 0. The van der Waals surface area contributed by atoms with E-state index in [-0.39, 0.29) is 6.42 Å². The topological polar surface area (TPSA) is 66.6 Å². The highest BCUT2D eigenvalue weighted by atomic mass is 16.4. The van der Waals surface area contributed by atoms with Gasteiger partial charge in [-0.25, -0.2) is 0 Å². The first-order valence-electron chi connectivity index (χ1n) is 6.98. The van der Waals surface area contributed by atoms with E-state index in [1.165, 1.54) is 25.7 Å². The van der Waals surface area contributed by atoms with Crippen molar-refractivity contribution in [3.05, 3.63) is 24.3 Å². The predicted molar refractivity (Wildman–Crippen MR) is 77.3 cm³/mol. The number of carboxylic acid groups (broad SMARTS) is 1. The average molecular weight is 262 g/mol. The SMILES string of the molecule is Nc1ccccc1N(CCC(=O)O)CC1CCCC1. The van der Waals surface area contributed by atoms with Crippen molar-refractivity contribution in [2.45, 2.75) is 32.1 Å². The normalized spacial score (nSPS) is 15.6. The van der Waals surface area contributed by atoms with Gasteiger partial charge in [0, 0.05) is 13.1 Å². The maximum absolute atomic E-state index is 10.8. The van der Waals surface area contributed by atoms with Gasteiger partial charge in [0.25, 0.3) is 0 Å². The van der Waals surface area contributed by atoms with Crippen molar-refractivity contribution in [1.82, 2.24) is 0 Å². The molecule has 1 aromatic rings. The number of hydrogen-bond acceptors (Lipinski definition) is 3. The summed E-state index contributed by atoms with van der Waals surface area (Å²) in [4.78, 5) is 12.9. The van der Waals surface area contributed by atoms with Crippen LogP contribution < -0.4 is 10.6 Å². The molecule has 0 amide bonds. The fraction of sp³-hybridized carbons (Fsp3) is 0.533. The van der Waals surface area contributed by atoms with Gasteiger partial charge in [-0.15, -0.1) is 0 Å². The highest BCUT2D eigenvalue weighted by molar-refractivity contribution is 5.70. The van der Waals surface area contributed by atoms with Gasteiger partial charge < -0.3 is 15.7 Å². The second-order valence-electron chi connectivity index (χ2n) is 5.30. The number of benzene rings is 1. The van der Waals surface area contributed by atoms with E-state index >= 15 is 0 Å². The number of nitrogens with two attached hydrogens (primary N) is 1. The molecule has 104 valence electrons. The van der Waals surface area contributed by atoms with Crippen LogP contribution in [0.4, 0.5) is 11.4 Å². The summed E-state index contributed by atoms with van der Waals surface area (Å²) < 4.78 is 0. The zero-order valence-corrected chi connectivity index (χ0v) is 11.2. The lowest BCUT2D eigenvalue weighted by atomic mass is 10.1. The largest absolute Gasteiger partial charge is 0.481 e. The first-order valence-corrected chi connectivity index (χ1v) is 6.98. The fourth-order valence-corrected chi connectivity index (χ4v) is 2.82. The number of hydrogen-bond donors (Lipinski definition) is 2. The van der Waals surface area contributed by atoms with Crippen LogP contribution in [0.1, 0.15) is 32.1 Å². The Morgan fingerprint density at radius 1 is 1.32 bits per heavy atom. The molecule has 1 aromatic carbocycles. The van der Waals surface area contributed by atoms with Gasteiger partial charge in [0.1, 0.15) is 0 Å². The molecule has 0 unspecified atom stereocenters. The molecule has 1 saturated carbocycles. The average Bonchev–Trinajstić information content (AvgIpc) is 2.88. The fourth-order valence-electron chi connectivity index (χ4n) is 2.82. The highest BCUT2D eigenvalue weighted by Gasteiger charge is 2.20. The van der Waals surface area contributed by atoms with Crippen molar-refractivity contribution in [3.63, 3.8) is 0 Å².